The first-order valence-electron chi connectivity index (χ1n) is 5.84. The van der Waals surface area contributed by atoms with E-state index in [1.54, 1.807) is 0 Å². The van der Waals surface area contributed by atoms with Crippen molar-refractivity contribution in [1.82, 2.24) is 9.38 Å². The molecular formula is C13H14N2O2. The van der Waals surface area contributed by atoms with Gasteiger partial charge in [-0.15, -0.1) is 0 Å². The van der Waals surface area contributed by atoms with Gasteiger partial charge in [-0.25, -0.2) is 4.98 Å². The third-order valence-electron chi connectivity index (χ3n) is 3.47. The number of hydrogen-bond donors (Lipinski definition) is 1. The molecule has 0 radical (unpaired) electrons. The van der Waals surface area contributed by atoms with Crippen molar-refractivity contribution in [2.24, 2.45) is 5.92 Å². The van der Waals surface area contributed by atoms with Crippen LogP contribution in [0.1, 0.15) is 23.4 Å². The molecule has 1 atom stereocenters. The van der Waals surface area contributed by atoms with Crippen molar-refractivity contribution >= 4 is 11.6 Å². The van der Waals surface area contributed by atoms with Crippen molar-refractivity contribution in [2.45, 2.75) is 26.2 Å². The Hall–Kier alpha value is -1.84. The fourth-order valence-electron chi connectivity index (χ4n) is 2.53. The minimum Gasteiger partial charge on any atom is -0.481 e. The summed E-state index contributed by atoms with van der Waals surface area (Å²) in [7, 11) is 0. The number of carbonyl (C=O) groups is 1. The van der Waals surface area contributed by atoms with Gasteiger partial charge < -0.3 is 9.51 Å². The molecule has 1 aliphatic carbocycles. The second kappa shape index (κ2) is 3.58. The molecule has 0 fully saturated rings. The van der Waals surface area contributed by atoms with E-state index < -0.39 is 5.97 Å². The van der Waals surface area contributed by atoms with E-state index in [2.05, 4.69) is 22.5 Å². The molecule has 2 aromatic heterocycles. The summed E-state index contributed by atoms with van der Waals surface area (Å²) in [5.74, 6) is -0.975. The van der Waals surface area contributed by atoms with Gasteiger partial charge in [0, 0.05) is 18.3 Å². The molecule has 0 aromatic carbocycles. The number of imidazole rings is 1. The van der Waals surface area contributed by atoms with Crippen LogP contribution in [0.5, 0.6) is 0 Å². The van der Waals surface area contributed by atoms with E-state index in [4.69, 9.17) is 5.11 Å². The van der Waals surface area contributed by atoms with Gasteiger partial charge in [-0.1, -0.05) is 6.07 Å². The first kappa shape index (κ1) is 10.3. The van der Waals surface area contributed by atoms with Crippen molar-refractivity contribution in [3.8, 4) is 0 Å². The number of nitrogens with zero attached hydrogens (tertiary/aromatic N) is 2. The summed E-state index contributed by atoms with van der Waals surface area (Å²) >= 11 is 0. The summed E-state index contributed by atoms with van der Waals surface area (Å²) < 4.78 is 2.10. The maximum atomic E-state index is 11.0. The number of carboxylic acid groups (broad SMARTS) is 1. The van der Waals surface area contributed by atoms with E-state index in [0.717, 1.165) is 17.8 Å². The average molecular weight is 230 g/mol. The van der Waals surface area contributed by atoms with Gasteiger partial charge in [0.1, 0.15) is 5.65 Å². The second-order valence-corrected chi connectivity index (χ2v) is 4.72. The van der Waals surface area contributed by atoms with E-state index >= 15 is 0 Å². The van der Waals surface area contributed by atoms with E-state index in [1.807, 2.05) is 12.1 Å². The summed E-state index contributed by atoms with van der Waals surface area (Å²) in [6.45, 7) is 2.05. The van der Waals surface area contributed by atoms with Crippen LogP contribution in [-0.4, -0.2) is 20.5 Å². The molecule has 2 aromatic rings. The molecule has 0 spiro atoms. The molecule has 0 amide bonds. The van der Waals surface area contributed by atoms with Gasteiger partial charge in [-0.2, -0.15) is 0 Å². The Morgan fingerprint density at radius 2 is 2.35 bits per heavy atom. The highest BCUT2D eigenvalue weighted by Crippen LogP contribution is 2.26. The van der Waals surface area contributed by atoms with Crippen molar-refractivity contribution < 1.29 is 9.90 Å². The number of pyridine rings is 1. The van der Waals surface area contributed by atoms with Crippen LogP contribution in [0.15, 0.2) is 18.3 Å². The summed E-state index contributed by atoms with van der Waals surface area (Å²) in [5, 5.41) is 9.05. The number of aliphatic carboxylic acids is 1. The molecule has 17 heavy (non-hydrogen) atoms. The summed E-state index contributed by atoms with van der Waals surface area (Å²) in [6, 6.07) is 4.02. The average Bonchev–Trinajstić information content (AvgIpc) is 2.66. The molecule has 4 heteroatoms. The number of carboxylic acids is 1. The number of fused-ring (bicyclic) bond motifs is 3. The number of aryl methyl sites for hydroxylation is 2. The van der Waals surface area contributed by atoms with Crippen LogP contribution in [0.4, 0.5) is 0 Å². The maximum absolute atomic E-state index is 11.0. The molecule has 1 unspecified atom stereocenters. The summed E-state index contributed by atoms with van der Waals surface area (Å²) in [6.07, 6.45) is 4.15. The lowest BCUT2D eigenvalue weighted by molar-refractivity contribution is -0.142. The zero-order valence-electron chi connectivity index (χ0n) is 9.68. The topological polar surface area (TPSA) is 54.6 Å². The summed E-state index contributed by atoms with van der Waals surface area (Å²) in [4.78, 5) is 15.5. The minimum atomic E-state index is -0.705. The number of hydrogen-bond acceptors (Lipinski definition) is 2. The Kier molecular flexibility index (Phi) is 2.18. The van der Waals surface area contributed by atoms with Crippen LogP contribution in [0, 0.1) is 12.8 Å². The maximum Gasteiger partial charge on any atom is 0.306 e. The molecule has 1 aliphatic rings. The van der Waals surface area contributed by atoms with E-state index in [-0.39, 0.29) is 5.92 Å². The zero-order valence-corrected chi connectivity index (χ0v) is 9.68. The molecule has 1 N–H and O–H groups in total. The largest absolute Gasteiger partial charge is 0.481 e. The molecular weight excluding hydrogens is 216 g/mol. The fourth-order valence-corrected chi connectivity index (χ4v) is 2.53. The van der Waals surface area contributed by atoms with Crippen molar-refractivity contribution in [3.05, 3.63) is 35.3 Å². The standard InChI is InChI=1S/C13H14N2O2/c1-8-2-5-12-14-10-6-9(13(16)17)3-4-11(10)15(12)7-8/h2,5,7,9H,3-4,6H2,1H3,(H,16,17). The van der Waals surface area contributed by atoms with Gasteiger partial charge in [0.25, 0.3) is 0 Å². The molecule has 4 nitrogen and oxygen atoms in total. The lowest BCUT2D eigenvalue weighted by Crippen LogP contribution is -2.22. The van der Waals surface area contributed by atoms with Crippen LogP contribution in [0.25, 0.3) is 5.65 Å². The van der Waals surface area contributed by atoms with Crippen LogP contribution >= 0.6 is 0 Å². The Balaban J connectivity index is 2.10. The third kappa shape index (κ3) is 1.60. The monoisotopic (exact) mass is 230 g/mol. The number of rotatable bonds is 1. The minimum absolute atomic E-state index is 0.270. The van der Waals surface area contributed by atoms with Gasteiger partial charge in [-0.05, 0) is 31.4 Å². The molecule has 3 rings (SSSR count). The molecule has 0 saturated carbocycles. The SMILES string of the molecule is Cc1ccc2nc3c(n2c1)CCC(C(=O)O)C3. The van der Waals surface area contributed by atoms with Gasteiger partial charge in [-0.3, -0.25) is 4.79 Å². The fraction of sp³-hybridized carbons (Fsp3) is 0.385. The Bertz CT molecular complexity index is 601. The Labute approximate surface area is 98.9 Å². The molecule has 0 saturated heterocycles. The van der Waals surface area contributed by atoms with Crippen LogP contribution < -0.4 is 0 Å². The predicted molar refractivity (Wildman–Crippen MR) is 63.1 cm³/mol. The van der Waals surface area contributed by atoms with Gasteiger partial charge in [0.2, 0.25) is 0 Å². The normalized spacial score (nSPS) is 19.2. The highest BCUT2D eigenvalue weighted by Gasteiger charge is 2.27. The van der Waals surface area contributed by atoms with Crippen molar-refractivity contribution in [2.75, 3.05) is 0 Å². The predicted octanol–water partition coefficient (Wildman–Crippen LogP) is 1.83. The third-order valence-corrected chi connectivity index (χ3v) is 3.47. The first-order valence-corrected chi connectivity index (χ1v) is 5.84. The molecule has 2 heterocycles. The quantitative estimate of drug-likeness (QED) is 0.813. The van der Waals surface area contributed by atoms with Crippen LogP contribution in [-0.2, 0) is 17.6 Å². The second-order valence-electron chi connectivity index (χ2n) is 4.72. The van der Waals surface area contributed by atoms with Gasteiger partial charge >= 0.3 is 5.97 Å². The van der Waals surface area contributed by atoms with E-state index in [1.165, 1.54) is 11.3 Å². The zero-order chi connectivity index (χ0) is 12.0. The lowest BCUT2D eigenvalue weighted by atomic mass is 9.90. The van der Waals surface area contributed by atoms with E-state index in [0.29, 0.717) is 12.8 Å². The van der Waals surface area contributed by atoms with Crippen molar-refractivity contribution in [3.63, 3.8) is 0 Å². The Morgan fingerprint density at radius 1 is 1.53 bits per heavy atom. The van der Waals surface area contributed by atoms with E-state index in [9.17, 15) is 4.79 Å². The first-order chi connectivity index (χ1) is 8.15. The smallest absolute Gasteiger partial charge is 0.306 e. The lowest BCUT2D eigenvalue weighted by Gasteiger charge is -2.17. The van der Waals surface area contributed by atoms with Gasteiger partial charge in [0.15, 0.2) is 0 Å². The number of aromatic nitrogens is 2. The Morgan fingerprint density at radius 3 is 3.12 bits per heavy atom. The van der Waals surface area contributed by atoms with Crippen LogP contribution in [0.3, 0.4) is 0 Å². The van der Waals surface area contributed by atoms with Crippen molar-refractivity contribution in [1.29, 1.82) is 0 Å². The molecule has 0 bridgehead atoms. The highest BCUT2D eigenvalue weighted by atomic mass is 16.4. The van der Waals surface area contributed by atoms with Crippen LogP contribution in [0.2, 0.25) is 0 Å². The summed E-state index contributed by atoms with van der Waals surface area (Å²) in [5.41, 5.74) is 4.25. The molecule has 0 aliphatic heterocycles. The van der Waals surface area contributed by atoms with Gasteiger partial charge in [0.05, 0.1) is 11.6 Å². The molecule has 88 valence electrons. The highest BCUT2D eigenvalue weighted by molar-refractivity contribution is 5.71.